The summed E-state index contributed by atoms with van der Waals surface area (Å²) in [5, 5.41) is 2.89. The Hall–Kier alpha value is -1.77. The molecule has 0 bridgehead atoms. The molecular weight excluding hydrogens is 214 g/mol. The Bertz CT molecular complexity index is 409. The lowest BCUT2D eigenvalue weighted by molar-refractivity contribution is -0.116. The highest BCUT2D eigenvalue weighted by molar-refractivity contribution is 5.91. The molecule has 0 aliphatic heterocycles. The van der Waals surface area contributed by atoms with Crippen molar-refractivity contribution in [2.24, 2.45) is 5.92 Å². The van der Waals surface area contributed by atoms with Crippen molar-refractivity contribution in [1.29, 1.82) is 0 Å². The number of ether oxygens (including phenoxy) is 1. The van der Waals surface area contributed by atoms with Gasteiger partial charge in [-0.1, -0.05) is 12.2 Å². The van der Waals surface area contributed by atoms with Crippen LogP contribution in [0.2, 0.25) is 0 Å². The summed E-state index contributed by atoms with van der Waals surface area (Å²) in [7, 11) is 1.63. The summed E-state index contributed by atoms with van der Waals surface area (Å²) in [4.78, 5) is 11.7. The van der Waals surface area contributed by atoms with E-state index in [1.54, 1.807) is 7.11 Å². The molecule has 0 unspecified atom stereocenters. The number of hydrogen-bond acceptors (Lipinski definition) is 2. The number of rotatable bonds is 4. The maximum atomic E-state index is 11.7. The van der Waals surface area contributed by atoms with Crippen LogP contribution in [0.3, 0.4) is 0 Å². The highest BCUT2D eigenvalue weighted by atomic mass is 16.5. The third kappa shape index (κ3) is 3.34. The minimum absolute atomic E-state index is 0.0757. The van der Waals surface area contributed by atoms with E-state index in [1.807, 2.05) is 24.3 Å². The molecule has 2 rings (SSSR count). The second-order valence-electron chi connectivity index (χ2n) is 4.25. The van der Waals surface area contributed by atoms with Crippen LogP contribution in [0.4, 0.5) is 5.69 Å². The van der Waals surface area contributed by atoms with Crippen LogP contribution in [-0.4, -0.2) is 13.0 Å². The average molecular weight is 231 g/mol. The highest BCUT2D eigenvalue weighted by Gasteiger charge is 2.13. The summed E-state index contributed by atoms with van der Waals surface area (Å²) in [6.07, 6.45) is 7.04. The van der Waals surface area contributed by atoms with E-state index in [0.717, 1.165) is 24.3 Å². The summed E-state index contributed by atoms with van der Waals surface area (Å²) in [6, 6.07) is 7.37. The number of amides is 1. The maximum Gasteiger partial charge on any atom is 0.224 e. The minimum Gasteiger partial charge on any atom is -0.497 e. The van der Waals surface area contributed by atoms with Gasteiger partial charge >= 0.3 is 0 Å². The number of nitrogens with one attached hydrogen (secondary N) is 1. The topological polar surface area (TPSA) is 38.3 Å². The van der Waals surface area contributed by atoms with E-state index >= 15 is 0 Å². The summed E-state index contributed by atoms with van der Waals surface area (Å²) >= 11 is 0. The van der Waals surface area contributed by atoms with E-state index in [9.17, 15) is 4.79 Å². The molecule has 90 valence electrons. The Morgan fingerprint density at radius 1 is 1.41 bits per heavy atom. The van der Waals surface area contributed by atoms with Crippen LogP contribution in [-0.2, 0) is 4.79 Å². The highest BCUT2D eigenvalue weighted by Crippen LogP contribution is 2.21. The molecule has 1 aliphatic carbocycles. The monoisotopic (exact) mass is 231 g/mol. The fraction of sp³-hybridized carbons (Fsp3) is 0.357. The first-order valence-electron chi connectivity index (χ1n) is 5.88. The molecule has 0 saturated carbocycles. The first-order valence-corrected chi connectivity index (χ1v) is 5.88. The van der Waals surface area contributed by atoms with Gasteiger partial charge in [0.1, 0.15) is 5.75 Å². The summed E-state index contributed by atoms with van der Waals surface area (Å²) in [6.45, 7) is 0. The SMILES string of the molecule is COc1ccc(NC(=O)C[C@H]2C=CCC2)cc1. The number of carbonyl (C=O) groups is 1. The van der Waals surface area contributed by atoms with Crippen molar-refractivity contribution < 1.29 is 9.53 Å². The number of benzene rings is 1. The molecule has 0 saturated heterocycles. The van der Waals surface area contributed by atoms with Gasteiger partial charge in [0, 0.05) is 12.1 Å². The molecule has 1 aromatic carbocycles. The van der Waals surface area contributed by atoms with E-state index < -0.39 is 0 Å². The fourth-order valence-corrected chi connectivity index (χ4v) is 1.99. The standard InChI is InChI=1S/C14H17NO2/c1-17-13-8-6-12(7-9-13)15-14(16)10-11-4-2-3-5-11/h2,4,6-9,11H,3,5,10H2,1H3,(H,15,16)/t11-/m0/s1. The molecule has 3 heteroatoms. The fourth-order valence-electron chi connectivity index (χ4n) is 1.99. The summed E-state index contributed by atoms with van der Waals surface area (Å²) in [5.41, 5.74) is 0.817. The molecule has 0 heterocycles. The molecule has 1 N–H and O–H groups in total. The van der Waals surface area contributed by atoms with Gasteiger partial charge in [-0.15, -0.1) is 0 Å². The van der Waals surface area contributed by atoms with E-state index in [0.29, 0.717) is 12.3 Å². The zero-order chi connectivity index (χ0) is 12.1. The Kier molecular flexibility index (Phi) is 3.81. The van der Waals surface area contributed by atoms with Crippen molar-refractivity contribution in [1.82, 2.24) is 0 Å². The quantitative estimate of drug-likeness (QED) is 0.809. The molecule has 0 spiro atoms. The summed E-state index contributed by atoms with van der Waals surface area (Å²) in [5.74, 6) is 1.28. The Balaban J connectivity index is 1.86. The van der Waals surface area contributed by atoms with Crippen molar-refractivity contribution in [3.8, 4) is 5.75 Å². The number of carbonyl (C=O) groups excluding carboxylic acids is 1. The molecule has 17 heavy (non-hydrogen) atoms. The predicted octanol–water partition coefficient (Wildman–Crippen LogP) is 2.99. The lowest BCUT2D eigenvalue weighted by Crippen LogP contribution is -2.14. The van der Waals surface area contributed by atoms with E-state index in [2.05, 4.69) is 17.5 Å². The van der Waals surface area contributed by atoms with E-state index in [-0.39, 0.29) is 5.91 Å². The van der Waals surface area contributed by atoms with Gasteiger partial charge in [-0.3, -0.25) is 4.79 Å². The number of hydrogen-bond donors (Lipinski definition) is 1. The molecule has 0 aromatic heterocycles. The van der Waals surface area contributed by atoms with Crippen molar-refractivity contribution in [3.05, 3.63) is 36.4 Å². The molecular formula is C14H17NO2. The largest absolute Gasteiger partial charge is 0.497 e. The van der Waals surface area contributed by atoms with Crippen LogP contribution in [0.15, 0.2) is 36.4 Å². The van der Waals surface area contributed by atoms with Crippen LogP contribution in [0.5, 0.6) is 5.75 Å². The first-order chi connectivity index (χ1) is 8.28. The minimum atomic E-state index is 0.0757. The lowest BCUT2D eigenvalue weighted by atomic mass is 10.1. The van der Waals surface area contributed by atoms with Gasteiger partial charge in [0.15, 0.2) is 0 Å². The first kappa shape index (κ1) is 11.7. The van der Waals surface area contributed by atoms with Crippen molar-refractivity contribution >= 4 is 11.6 Å². The summed E-state index contributed by atoms with van der Waals surface area (Å²) < 4.78 is 5.06. The maximum absolute atomic E-state index is 11.7. The molecule has 1 aromatic rings. The van der Waals surface area contributed by atoms with Crippen LogP contribution in [0.1, 0.15) is 19.3 Å². The zero-order valence-corrected chi connectivity index (χ0v) is 9.98. The lowest BCUT2D eigenvalue weighted by Gasteiger charge is -2.09. The Labute approximate surface area is 101 Å². The Morgan fingerprint density at radius 3 is 2.76 bits per heavy atom. The van der Waals surface area contributed by atoms with Crippen LogP contribution >= 0.6 is 0 Å². The molecule has 3 nitrogen and oxygen atoms in total. The third-order valence-electron chi connectivity index (χ3n) is 2.93. The van der Waals surface area contributed by atoms with Crippen LogP contribution < -0.4 is 10.1 Å². The van der Waals surface area contributed by atoms with Gasteiger partial charge in [0.2, 0.25) is 5.91 Å². The predicted molar refractivity (Wildman–Crippen MR) is 68.1 cm³/mol. The van der Waals surface area contributed by atoms with Crippen LogP contribution in [0.25, 0.3) is 0 Å². The smallest absolute Gasteiger partial charge is 0.224 e. The molecule has 0 radical (unpaired) electrons. The molecule has 0 fully saturated rings. The Morgan fingerprint density at radius 2 is 2.18 bits per heavy atom. The van der Waals surface area contributed by atoms with Gasteiger partial charge in [0.25, 0.3) is 0 Å². The molecule has 1 atom stereocenters. The normalized spacial score (nSPS) is 18.1. The van der Waals surface area contributed by atoms with E-state index in [4.69, 9.17) is 4.74 Å². The number of allylic oxidation sites excluding steroid dienone is 2. The van der Waals surface area contributed by atoms with Crippen molar-refractivity contribution in [2.45, 2.75) is 19.3 Å². The second kappa shape index (κ2) is 5.53. The van der Waals surface area contributed by atoms with Crippen molar-refractivity contribution in [3.63, 3.8) is 0 Å². The van der Waals surface area contributed by atoms with Gasteiger partial charge in [-0.25, -0.2) is 0 Å². The second-order valence-corrected chi connectivity index (χ2v) is 4.25. The van der Waals surface area contributed by atoms with E-state index in [1.165, 1.54) is 0 Å². The van der Waals surface area contributed by atoms with Crippen LogP contribution in [0, 0.1) is 5.92 Å². The zero-order valence-electron chi connectivity index (χ0n) is 9.98. The number of methoxy groups -OCH3 is 1. The molecule has 1 amide bonds. The third-order valence-corrected chi connectivity index (χ3v) is 2.93. The average Bonchev–Trinajstić information content (AvgIpc) is 2.82. The van der Waals surface area contributed by atoms with Gasteiger partial charge in [-0.05, 0) is 43.0 Å². The van der Waals surface area contributed by atoms with Gasteiger partial charge < -0.3 is 10.1 Å². The van der Waals surface area contributed by atoms with Gasteiger partial charge in [0.05, 0.1) is 7.11 Å². The molecule has 1 aliphatic rings. The van der Waals surface area contributed by atoms with Gasteiger partial charge in [-0.2, -0.15) is 0 Å². The van der Waals surface area contributed by atoms with Crippen molar-refractivity contribution in [2.75, 3.05) is 12.4 Å². The number of anilines is 1.